The van der Waals surface area contributed by atoms with Gasteiger partial charge in [-0.3, -0.25) is 9.48 Å². The Kier molecular flexibility index (Phi) is 10.8. The lowest BCUT2D eigenvalue weighted by atomic mass is 9.84. The van der Waals surface area contributed by atoms with Gasteiger partial charge in [-0.1, -0.05) is 38.4 Å². The molecule has 0 aliphatic carbocycles. The highest BCUT2D eigenvalue weighted by Gasteiger charge is 2.47. The summed E-state index contributed by atoms with van der Waals surface area (Å²) in [5, 5.41) is 6.94. The summed E-state index contributed by atoms with van der Waals surface area (Å²) < 4.78 is 73.1. The Morgan fingerprint density at radius 2 is 1.95 bits per heavy atom. The SMILES string of the molecule is CCn1nc(C(=O)NC[C@H]2CC[C@H](C)C[NH+]2CC(=O)ON)c(Cl)c1-c1ccc(CC(C)(C)C(F)(F)F)cc1OC(F)F. The number of nitrogens with two attached hydrogens (primary N) is 1. The van der Waals surface area contributed by atoms with Crippen molar-refractivity contribution < 1.29 is 46.0 Å². The van der Waals surface area contributed by atoms with E-state index in [1.807, 2.05) is 0 Å². The Labute approximate surface area is 245 Å². The number of ether oxygens (including phenoxy) is 1. The lowest BCUT2D eigenvalue weighted by Crippen LogP contribution is -3.18. The number of aryl methyl sites for hydroxylation is 1. The second-order valence-corrected chi connectivity index (χ2v) is 11.6. The normalized spacial score (nSPS) is 19.6. The Balaban J connectivity index is 1.90. The molecule has 1 fully saturated rings. The van der Waals surface area contributed by atoms with Gasteiger partial charge in [-0.25, -0.2) is 4.79 Å². The molecule has 42 heavy (non-hydrogen) atoms. The van der Waals surface area contributed by atoms with Crippen LogP contribution in [0.2, 0.25) is 5.02 Å². The van der Waals surface area contributed by atoms with E-state index < -0.39 is 42.2 Å². The minimum atomic E-state index is -4.52. The van der Waals surface area contributed by atoms with Crippen molar-refractivity contribution in [2.75, 3.05) is 19.6 Å². The van der Waals surface area contributed by atoms with Crippen molar-refractivity contribution in [2.24, 2.45) is 17.2 Å². The van der Waals surface area contributed by atoms with Crippen molar-refractivity contribution in [2.45, 2.75) is 72.3 Å². The van der Waals surface area contributed by atoms with Crippen molar-refractivity contribution >= 4 is 23.5 Å². The van der Waals surface area contributed by atoms with E-state index in [2.05, 4.69) is 26.9 Å². The van der Waals surface area contributed by atoms with Gasteiger partial charge < -0.3 is 19.8 Å². The summed E-state index contributed by atoms with van der Waals surface area (Å²) in [6.07, 6.45) is -3.36. The predicted octanol–water partition coefficient (Wildman–Crippen LogP) is 3.79. The van der Waals surface area contributed by atoms with Gasteiger partial charge in [0.05, 0.1) is 29.2 Å². The number of aromatic nitrogens is 2. The minimum Gasteiger partial charge on any atom is -0.434 e. The quantitative estimate of drug-likeness (QED) is 0.259. The highest BCUT2D eigenvalue weighted by atomic mass is 35.5. The van der Waals surface area contributed by atoms with Crippen LogP contribution in [0.25, 0.3) is 11.3 Å². The van der Waals surface area contributed by atoms with Gasteiger partial charge in [0.1, 0.15) is 11.8 Å². The third-order valence-electron chi connectivity index (χ3n) is 7.55. The Morgan fingerprint density at radius 3 is 2.55 bits per heavy atom. The summed E-state index contributed by atoms with van der Waals surface area (Å²) in [5.41, 5.74) is -2.01. The van der Waals surface area contributed by atoms with E-state index in [1.165, 1.54) is 16.8 Å². The molecule has 0 saturated carbocycles. The standard InChI is InChI=1S/C27H35ClF5N5O4/c1-5-38-23(18-9-7-16(10-19(18)41-25(29)30)11-26(3,4)27(31,32)33)21(28)22(36-38)24(40)35-12-17-8-6-15(2)13-37(17)14-20(39)42-34/h7,9-10,15,17,25H,5-6,8,11-14,34H2,1-4H3,(H,35,40)/p+1/t15-,17+/m0/s1. The number of carbonyl (C=O) groups is 2. The fraction of sp³-hybridized carbons (Fsp3) is 0.593. The molecule has 234 valence electrons. The molecule has 3 atom stereocenters. The molecule has 15 heteroatoms. The van der Waals surface area contributed by atoms with Crippen LogP contribution < -0.4 is 20.9 Å². The number of hydrogen-bond acceptors (Lipinski definition) is 6. The number of nitrogens with zero attached hydrogens (tertiary/aromatic N) is 2. The van der Waals surface area contributed by atoms with Gasteiger partial charge in [-0.15, -0.1) is 0 Å². The molecular weight excluding hydrogens is 589 g/mol. The number of hydrogen-bond donors (Lipinski definition) is 3. The number of benzene rings is 1. The molecule has 4 N–H and O–H groups in total. The zero-order valence-electron chi connectivity index (χ0n) is 23.8. The van der Waals surface area contributed by atoms with Crippen LogP contribution >= 0.6 is 11.6 Å². The highest BCUT2D eigenvalue weighted by Crippen LogP contribution is 2.43. The predicted molar refractivity (Wildman–Crippen MR) is 144 cm³/mol. The summed E-state index contributed by atoms with van der Waals surface area (Å²) in [7, 11) is 0. The van der Waals surface area contributed by atoms with Crippen LogP contribution in [0.5, 0.6) is 5.75 Å². The van der Waals surface area contributed by atoms with Gasteiger partial charge in [0.2, 0.25) is 0 Å². The number of piperidine rings is 1. The van der Waals surface area contributed by atoms with Crippen LogP contribution in [0.15, 0.2) is 18.2 Å². The molecule has 1 unspecified atom stereocenters. The minimum absolute atomic E-state index is 0.0412. The number of carbonyl (C=O) groups excluding carboxylic acids is 2. The Morgan fingerprint density at radius 1 is 1.26 bits per heavy atom. The molecule has 0 radical (unpaired) electrons. The molecule has 0 bridgehead atoms. The largest absolute Gasteiger partial charge is 0.434 e. The van der Waals surface area contributed by atoms with Gasteiger partial charge in [0, 0.05) is 24.4 Å². The summed E-state index contributed by atoms with van der Waals surface area (Å²) in [6, 6.07) is 3.72. The molecule has 1 saturated heterocycles. The molecule has 3 rings (SSSR count). The van der Waals surface area contributed by atoms with Crippen molar-refractivity contribution in [1.29, 1.82) is 0 Å². The number of alkyl halides is 5. The maximum atomic E-state index is 13.5. The van der Waals surface area contributed by atoms with Gasteiger partial charge in [0.25, 0.3) is 5.91 Å². The van der Waals surface area contributed by atoms with Crippen molar-refractivity contribution in [1.82, 2.24) is 15.1 Å². The van der Waals surface area contributed by atoms with Crippen molar-refractivity contribution in [3.8, 4) is 17.0 Å². The number of quaternary nitrogens is 1. The van der Waals surface area contributed by atoms with E-state index in [-0.39, 0.29) is 53.2 Å². The van der Waals surface area contributed by atoms with E-state index >= 15 is 0 Å². The number of halogens is 6. The zero-order valence-corrected chi connectivity index (χ0v) is 24.5. The summed E-state index contributed by atoms with van der Waals surface area (Å²) >= 11 is 6.59. The van der Waals surface area contributed by atoms with Gasteiger partial charge in [0.15, 0.2) is 12.2 Å². The smallest absolute Gasteiger partial charge is 0.394 e. The fourth-order valence-corrected chi connectivity index (χ4v) is 5.47. The van der Waals surface area contributed by atoms with E-state index in [1.54, 1.807) is 6.92 Å². The van der Waals surface area contributed by atoms with Crippen LogP contribution in [0, 0.1) is 11.3 Å². The molecule has 2 heterocycles. The van der Waals surface area contributed by atoms with Gasteiger partial charge in [-0.2, -0.15) is 32.9 Å². The molecule has 1 aliphatic heterocycles. The Bertz CT molecular complexity index is 1270. The highest BCUT2D eigenvalue weighted by molar-refractivity contribution is 6.36. The maximum absolute atomic E-state index is 13.5. The van der Waals surface area contributed by atoms with Crippen LogP contribution in [0.1, 0.15) is 56.6 Å². The first-order valence-corrected chi connectivity index (χ1v) is 13.9. The van der Waals surface area contributed by atoms with E-state index in [9.17, 15) is 31.5 Å². The first kappa shape index (κ1) is 33.5. The van der Waals surface area contributed by atoms with Crippen LogP contribution in [-0.2, 0) is 22.6 Å². The number of rotatable bonds is 11. The average molecular weight is 625 g/mol. The molecule has 1 aromatic carbocycles. The average Bonchev–Trinajstić information content (AvgIpc) is 3.23. The first-order chi connectivity index (χ1) is 19.6. The molecule has 2 aromatic rings. The van der Waals surface area contributed by atoms with E-state index in [0.29, 0.717) is 12.5 Å². The molecule has 1 aromatic heterocycles. The second kappa shape index (κ2) is 13.6. The number of nitrogens with one attached hydrogen (secondary N) is 2. The molecule has 1 aliphatic rings. The molecule has 0 spiro atoms. The fourth-order valence-electron chi connectivity index (χ4n) is 5.14. The summed E-state index contributed by atoms with van der Waals surface area (Å²) in [4.78, 5) is 30.2. The number of likely N-dealkylation sites (tertiary alicyclic amines) is 1. The lowest BCUT2D eigenvalue weighted by Gasteiger charge is -2.34. The van der Waals surface area contributed by atoms with E-state index in [4.69, 9.17) is 17.5 Å². The monoisotopic (exact) mass is 624 g/mol. The van der Waals surface area contributed by atoms with Crippen LogP contribution in [0.4, 0.5) is 22.0 Å². The first-order valence-electron chi connectivity index (χ1n) is 13.5. The second-order valence-electron chi connectivity index (χ2n) is 11.2. The van der Waals surface area contributed by atoms with E-state index in [0.717, 1.165) is 37.7 Å². The topological polar surface area (TPSA) is 113 Å². The summed E-state index contributed by atoms with van der Waals surface area (Å²) in [5.74, 6) is 3.78. The van der Waals surface area contributed by atoms with Gasteiger partial charge >= 0.3 is 18.8 Å². The maximum Gasteiger partial charge on any atom is 0.394 e. The van der Waals surface area contributed by atoms with Crippen molar-refractivity contribution in [3.05, 3.63) is 34.5 Å². The van der Waals surface area contributed by atoms with Gasteiger partial charge in [-0.05, 0) is 37.5 Å². The van der Waals surface area contributed by atoms with Crippen molar-refractivity contribution in [3.63, 3.8) is 0 Å². The third-order valence-corrected chi connectivity index (χ3v) is 7.91. The summed E-state index contributed by atoms with van der Waals surface area (Å²) in [6.45, 7) is 3.65. The third kappa shape index (κ3) is 7.90. The molecule has 9 nitrogen and oxygen atoms in total. The van der Waals surface area contributed by atoms with Crippen LogP contribution in [0.3, 0.4) is 0 Å². The Hall–Kier alpha value is -2.97. The zero-order chi connectivity index (χ0) is 31.4. The lowest BCUT2D eigenvalue weighted by molar-refractivity contribution is -0.925. The number of amides is 1. The molecule has 1 amide bonds. The van der Waals surface area contributed by atoms with Crippen LogP contribution in [-0.4, -0.2) is 60.1 Å². The molecular formula is C27H36ClF5N5O4+.